The highest BCUT2D eigenvalue weighted by Gasteiger charge is 2.57. The van der Waals surface area contributed by atoms with Crippen LogP contribution in [-0.2, 0) is 0 Å². The van der Waals surface area contributed by atoms with Gasteiger partial charge in [0, 0.05) is 12.4 Å². The molecule has 2 fully saturated rings. The van der Waals surface area contributed by atoms with Crippen LogP contribution in [-0.4, -0.2) is 24.0 Å². The third kappa shape index (κ3) is 2.46. The van der Waals surface area contributed by atoms with Crippen LogP contribution in [0.4, 0.5) is 0 Å². The van der Waals surface area contributed by atoms with Crippen molar-refractivity contribution in [3.8, 4) is 0 Å². The van der Waals surface area contributed by atoms with Gasteiger partial charge in [-0.2, -0.15) is 0 Å². The minimum Gasteiger partial charge on any atom is -0.393 e. The summed E-state index contributed by atoms with van der Waals surface area (Å²) < 4.78 is 0. The molecule has 0 amide bonds. The summed E-state index contributed by atoms with van der Waals surface area (Å²) in [5.41, 5.74) is 5.68. The van der Waals surface area contributed by atoms with Crippen LogP contribution in [0.25, 0.3) is 5.57 Å². The summed E-state index contributed by atoms with van der Waals surface area (Å²) in [7, 11) is 6.66. The van der Waals surface area contributed by atoms with Crippen molar-refractivity contribution in [1.29, 1.82) is 0 Å². The van der Waals surface area contributed by atoms with Gasteiger partial charge in [-0.25, -0.2) is 0 Å². The SMILES string of the molecule is [B]C1=C(c2cccnc2)C2(C)CCC3C(CC=C4CC(O)CCC43C)C2C1. The van der Waals surface area contributed by atoms with Gasteiger partial charge in [-0.15, -0.1) is 5.47 Å². The summed E-state index contributed by atoms with van der Waals surface area (Å²) in [5.74, 6) is 2.08. The number of aliphatic hydroxyl groups is 1. The first kappa shape index (κ1) is 17.7. The van der Waals surface area contributed by atoms with E-state index in [1.54, 1.807) is 0 Å². The van der Waals surface area contributed by atoms with Crippen LogP contribution >= 0.6 is 0 Å². The Balaban J connectivity index is 1.51. The van der Waals surface area contributed by atoms with Crippen molar-refractivity contribution in [2.45, 2.75) is 64.9 Å². The largest absolute Gasteiger partial charge is 0.393 e. The first-order valence-electron chi connectivity index (χ1n) is 10.7. The summed E-state index contributed by atoms with van der Waals surface area (Å²) >= 11 is 0. The summed E-state index contributed by atoms with van der Waals surface area (Å²) in [6.45, 7) is 4.94. The van der Waals surface area contributed by atoms with Crippen molar-refractivity contribution >= 4 is 13.4 Å². The fraction of sp³-hybridized carbons (Fsp3) is 0.625. The molecule has 6 atom stereocenters. The van der Waals surface area contributed by atoms with Crippen molar-refractivity contribution in [2.75, 3.05) is 0 Å². The molecule has 2 nitrogen and oxygen atoms in total. The molecule has 2 radical (unpaired) electrons. The van der Waals surface area contributed by atoms with Gasteiger partial charge in [-0.3, -0.25) is 4.98 Å². The number of pyridine rings is 1. The van der Waals surface area contributed by atoms with Gasteiger partial charge in [0.2, 0.25) is 0 Å². The van der Waals surface area contributed by atoms with E-state index in [2.05, 4.69) is 31.0 Å². The van der Waals surface area contributed by atoms with Gasteiger partial charge >= 0.3 is 0 Å². The van der Waals surface area contributed by atoms with Crippen LogP contribution in [0.1, 0.15) is 64.4 Å². The lowest BCUT2D eigenvalue weighted by molar-refractivity contribution is -0.0239. The molecule has 1 aromatic rings. The Bertz CT molecular complexity index is 815. The molecule has 6 unspecified atom stereocenters. The zero-order valence-corrected chi connectivity index (χ0v) is 16.6. The Morgan fingerprint density at radius 1 is 1.11 bits per heavy atom. The van der Waals surface area contributed by atoms with Gasteiger partial charge < -0.3 is 5.11 Å². The molecule has 5 rings (SSSR count). The molecule has 0 aromatic carbocycles. The van der Waals surface area contributed by atoms with E-state index < -0.39 is 0 Å². The molecule has 4 aliphatic rings. The Kier molecular flexibility index (Phi) is 3.99. The molecule has 1 heterocycles. The Labute approximate surface area is 164 Å². The highest BCUT2D eigenvalue weighted by molar-refractivity contribution is 6.26. The fourth-order valence-corrected chi connectivity index (χ4v) is 7.38. The number of aromatic nitrogens is 1. The Hall–Kier alpha value is -1.35. The van der Waals surface area contributed by atoms with E-state index in [0.29, 0.717) is 11.8 Å². The van der Waals surface area contributed by atoms with Gasteiger partial charge in [0.25, 0.3) is 0 Å². The van der Waals surface area contributed by atoms with Crippen molar-refractivity contribution < 1.29 is 5.11 Å². The monoisotopic (exact) mass is 359 g/mol. The lowest BCUT2D eigenvalue weighted by atomic mass is 9.47. The molecule has 140 valence electrons. The van der Waals surface area contributed by atoms with Crippen LogP contribution in [0.15, 0.2) is 41.6 Å². The van der Waals surface area contributed by atoms with Gasteiger partial charge in [-0.05, 0) is 90.7 Å². The minimum atomic E-state index is -0.129. The van der Waals surface area contributed by atoms with Gasteiger partial charge in [0.1, 0.15) is 7.85 Å². The quantitative estimate of drug-likeness (QED) is 0.572. The summed E-state index contributed by atoms with van der Waals surface area (Å²) in [6.07, 6.45) is 13.9. The second kappa shape index (κ2) is 6.07. The maximum atomic E-state index is 10.2. The average molecular weight is 359 g/mol. The molecule has 3 heteroatoms. The van der Waals surface area contributed by atoms with Crippen molar-refractivity contribution in [3.63, 3.8) is 0 Å². The van der Waals surface area contributed by atoms with E-state index in [0.717, 1.165) is 43.5 Å². The van der Waals surface area contributed by atoms with Crippen molar-refractivity contribution in [2.24, 2.45) is 28.6 Å². The smallest absolute Gasteiger partial charge is 0.108 e. The van der Waals surface area contributed by atoms with Crippen LogP contribution < -0.4 is 0 Å². The average Bonchev–Trinajstić information content (AvgIpc) is 2.93. The maximum absolute atomic E-state index is 10.2. The van der Waals surface area contributed by atoms with E-state index in [9.17, 15) is 5.11 Å². The molecular formula is C24H30BNO. The number of hydrogen-bond donors (Lipinski definition) is 1. The first-order valence-corrected chi connectivity index (χ1v) is 10.7. The van der Waals surface area contributed by atoms with Gasteiger partial charge in [-0.1, -0.05) is 31.6 Å². The van der Waals surface area contributed by atoms with Gasteiger partial charge in [0.05, 0.1) is 6.10 Å². The van der Waals surface area contributed by atoms with E-state index in [1.807, 2.05) is 18.5 Å². The van der Waals surface area contributed by atoms with Crippen molar-refractivity contribution in [1.82, 2.24) is 4.98 Å². The molecule has 0 aliphatic heterocycles. The molecular weight excluding hydrogens is 329 g/mol. The third-order valence-electron chi connectivity index (χ3n) is 8.75. The standard InChI is InChI=1S/C24H30BNO/c1-23-9-7-17(27)12-16(23)5-6-18-19(23)8-10-24(2)20(18)13-21(25)22(24)15-4-3-11-26-14-15/h3-5,11,14,17-20,27H,6-10,12-13H2,1-2H3. The fourth-order valence-electron chi connectivity index (χ4n) is 7.38. The van der Waals surface area contributed by atoms with Crippen LogP contribution in [0, 0.1) is 28.6 Å². The highest BCUT2D eigenvalue weighted by atomic mass is 16.3. The molecule has 1 aromatic heterocycles. The van der Waals surface area contributed by atoms with E-state index in [-0.39, 0.29) is 16.9 Å². The number of allylic oxidation sites excluding steroid dienone is 3. The Morgan fingerprint density at radius 2 is 1.93 bits per heavy atom. The summed E-state index contributed by atoms with van der Waals surface area (Å²) in [5, 5.41) is 10.2. The second-order valence-electron chi connectivity index (χ2n) is 9.96. The predicted octanol–water partition coefficient (Wildman–Crippen LogP) is 4.89. The molecule has 0 spiro atoms. The minimum absolute atomic E-state index is 0.129. The van der Waals surface area contributed by atoms with Gasteiger partial charge in [0.15, 0.2) is 0 Å². The number of nitrogens with zero attached hydrogens (tertiary/aromatic N) is 1. The van der Waals surface area contributed by atoms with E-state index in [4.69, 9.17) is 7.85 Å². The summed E-state index contributed by atoms with van der Waals surface area (Å²) in [6, 6.07) is 4.21. The number of aliphatic hydroxyl groups excluding tert-OH is 1. The van der Waals surface area contributed by atoms with Crippen LogP contribution in [0.3, 0.4) is 0 Å². The lowest BCUT2D eigenvalue weighted by Gasteiger charge is -2.57. The number of hydrogen-bond acceptors (Lipinski definition) is 2. The van der Waals surface area contributed by atoms with E-state index >= 15 is 0 Å². The maximum Gasteiger partial charge on any atom is 0.108 e. The summed E-state index contributed by atoms with van der Waals surface area (Å²) in [4.78, 5) is 4.36. The van der Waals surface area contributed by atoms with Crippen molar-refractivity contribution in [3.05, 3.63) is 47.2 Å². The first-order chi connectivity index (χ1) is 12.9. The zero-order chi connectivity index (χ0) is 18.8. The number of rotatable bonds is 1. The van der Waals surface area contributed by atoms with E-state index in [1.165, 1.54) is 29.6 Å². The number of fused-ring (bicyclic) bond motifs is 5. The zero-order valence-electron chi connectivity index (χ0n) is 16.6. The normalized spacial score (nSPS) is 43.6. The molecule has 0 saturated heterocycles. The third-order valence-corrected chi connectivity index (χ3v) is 8.75. The topological polar surface area (TPSA) is 33.1 Å². The highest BCUT2D eigenvalue weighted by Crippen LogP contribution is 2.67. The molecule has 1 N–H and O–H groups in total. The lowest BCUT2D eigenvalue weighted by Crippen LogP contribution is -2.49. The molecule has 2 saturated carbocycles. The molecule has 0 bridgehead atoms. The second-order valence-corrected chi connectivity index (χ2v) is 9.96. The molecule has 4 aliphatic carbocycles. The predicted molar refractivity (Wildman–Crippen MR) is 110 cm³/mol. The molecule has 27 heavy (non-hydrogen) atoms. The van der Waals surface area contributed by atoms with Crippen LogP contribution in [0.5, 0.6) is 0 Å². The van der Waals surface area contributed by atoms with Crippen LogP contribution in [0.2, 0.25) is 0 Å². The Morgan fingerprint density at radius 3 is 2.70 bits per heavy atom.